The number of nitro groups is 1. The Hall–Kier alpha value is -2.95. The van der Waals surface area contributed by atoms with E-state index in [0.717, 1.165) is 17.8 Å². The summed E-state index contributed by atoms with van der Waals surface area (Å²) in [7, 11) is 4.56. The van der Waals surface area contributed by atoms with Crippen LogP contribution in [-0.2, 0) is 16.7 Å². The predicted octanol–water partition coefficient (Wildman–Crippen LogP) is 4.56. The van der Waals surface area contributed by atoms with Gasteiger partial charge < -0.3 is 15.0 Å². The van der Waals surface area contributed by atoms with Crippen molar-refractivity contribution in [1.82, 2.24) is 0 Å². The first-order chi connectivity index (χ1) is 14.0. The fraction of sp³-hybridized carbons (Fsp3) is 0.316. The fourth-order valence-corrected chi connectivity index (χ4v) is 3.34. The summed E-state index contributed by atoms with van der Waals surface area (Å²) in [4.78, 5) is 24.2. The lowest BCUT2D eigenvalue weighted by Gasteiger charge is -2.18. The van der Waals surface area contributed by atoms with E-state index in [1.54, 1.807) is 20.2 Å². The molecule has 2 aromatic rings. The lowest BCUT2D eigenvalue weighted by Crippen LogP contribution is -2.19. The molecule has 0 saturated carbocycles. The number of methoxy groups -OCH3 is 1. The maximum Gasteiger partial charge on any atom is 0.418 e. The molecule has 11 heteroatoms. The molecule has 30 heavy (non-hydrogen) atoms. The van der Waals surface area contributed by atoms with E-state index in [9.17, 15) is 28.1 Å². The van der Waals surface area contributed by atoms with Crippen molar-refractivity contribution in [3.63, 3.8) is 0 Å². The molecule has 0 atom stereocenters. The first kappa shape index (κ1) is 23.3. The zero-order valence-corrected chi connectivity index (χ0v) is 17.3. The molecule has 1 amide bonds. The number of hydrogen-bond donors (Lipinski definition) is 1. The van der Waals surface area contributed by atoms with Crippen LogP contribution in [0.5, 0.6) is 5.75 Å². The van der Waals surface area contributed by atoms with Gasteiger partial charge in [0.05, 0.1) is 29.0 Å². The number of carbonyl (C=O) groups is 1. The van der Waals surface area contributed by atoms with Crippen LogP contribution in [0.3, 0.4) is 0 Å². The summed E-state index contributed by atoms with van der Waals surface area (Å²) in [6, 6.07) is 8.08. The molecule has 0 radical (unpaired) electrons. The molecule has 0 aliphatic heterocycles. The summed E-state index contributed by atoms with van der Waals surface area (Å²) in [5, 5.41) is 13.3. The van der Waals surface area contributed by atoms with Crippen LogP contribution in [-0.4, -0.2) is 37.8 Å². The van der Waals surface area contributed by atoms with Crippen LogP contribution in [0.2, 0.25) is 0 Å². The van der Waals surface area contributed by atoms with E-state index in [1.807, 2.05) is 0 Å². The molecule has 0 aliphatic rings. The number of alkyl halides is 3. The molecular formula is C19H20F3N3O4S. The summed E-state index contributed by atoms with van der Waals surface area (Å²) in [6.45, 7) is 0. The second-order valence-corrected chi connectivity index (χ2v) is 7.41. The van der Waals surface area contributed by atoms with Gasteiger partial charge in [-0.1, -0.05) is 6.07 Å². The van der Waals surface area contributed by atoms with Gasteiger partial charge in [-0.2, -0.15) is 13.2 Å². The van der Waals surface area contributed by atoms with Crippen LogP contribution in [0, 0.1) is 10.1 Å². The lowest BCUT2D eigenvalue weighted by atomic mass is 10.1. The van der Waals surface area contributed by atoms with Crippen molar-refractivity contribution in [2.45, 2.75) is 11.9 Å². The molecule has 0 unspecified atom stereocenters. The minimum absolute atomic E-state index is 0.118. The molecule has 2 aromatic carbocycles. The van der Waals surface area contributed by atoms with Crippen LogP contribution in [0.15, 0.2) is 36.4 Å². The van der Waals surface area contributed by atoms with E-state index in [1.165, 1.54) is 36.3 Å². The van der Waals surface area contributed by atoms with E-state index in [4.69, 9.17) is 4.74 Å². The van der Waals surface area contributed by atoms with E-state index in [-0.39, 0.29) is 28.6 Å². The third-order valence-electron chi connectivity index (χ3n) is 4.04. The van der Waals surface area contributed by atoms with Crippen LogP contribution in [0.1, 0.15) is 11.1 Å². The number of nitrogens with zero attached hydrogens (tertiary/aromatic N) is 2. The molecule has 0 aliphatic carbocycles. The van der Waals surface area contributed by atoms with Gasteiger partial charge in [0.2, 0.25) is 5.91 Å². The quantitative estimate of drug-likeness (QED) is 0.476. The number of benzene rings is 2. The Bertz CT molecular complexity index is 936. The standard InChI is InChI=1S/C19H20F3N3O4S/c1-24(2)13-5-6-15(14(9-13)19(20,21)22)23-18(26)11-30-10-12-4-7-17(29-3)16(8-12)25(27)28/h4-9H,10-11H2,1-3H3,(H,23,26). The number of nitro benzene ring substituents is 1. The monoisotopic (exact) mass is 443 g/mol. The zero-order valence-electron chi connectivity index (χ0n) is 16.4. The summed E-state index contributed by atoms with van der Waals surface area (Å²) < 4.78 is 44.9. The van der Waals surface area contributed by atoms with Crippen molar-refractivity contribution in [3.05, 3.63) is 57.6 Å². The molecule has 7 nitrogen and oxygen atoms in total. The number of halogens is 3. The Morgan fingerprint density at radius 3 is 2.50 bits per heavy atom. The molecule has 0 aromatic heterocycles. The first-order valence-electron chi connectivity index (χ1n) is 8.60. The Kier molecular flexibility index (Phi) is 7.54. The van der Waals surface area contributed by atoms with Gasteiger partial charge in [0, 0.05) is 31.6 Å². The molecule has 162 valence electrons. The topological polar surface area (TPSA) is 84.7 Å². The Morgan fingerprint density at radius 2 is 1.93 bits per heavy atom. The highest BCUT2D eigenvalue weighted by Gasteiger charge is 2.34. The van der Waals surface area contributed by atoms with Crippen molar-refractivity contribution in [1.29, 1.82) is 0 Å². The molecule has 0 fully saturated rings. The molecule has 0 spiro atoms. The van der Waals surface area contributed by atoms with Gasteiger partial charge >= 0.3 is 11.9 Å². The maximum atomic E-state index is 13.3. The first-order valence-corrected chi connectivity index (χ1v) is 9.76. The Balaban J connectivity index is 2.03. The number of nitrogens with one attached hydrogen (secondary N) is 1. The highest BCUT2D eigenvalue weighted by Crippen LogP contribution is 2.37. The van der Waals surface area contributed by atoms with Gasteiger partial charge in [-0.15, -0.1) is 11.8 Å². The minimum Gasteiger partial charge on any atom is -0.490 e. The summed E-state index contributed by atoms with van der Waals surface area (Å²) in [5.74, 6) is -0.338. The van der Waals surface area contributed by atoms with E-state index >= 15 is 0 Å². The molecular weight excluding hydrogens is 423 g/mol. The van der Waals surface area contributed by atoms with Crippen LogP contribution >= 0.6 is 11.8 Å². The molecule has 0 saturated heterocycles. The zero-order chi connectivity index (χ0) is 22.5. The normalized spacial score (nSPS) is 11.1. The summed E-state index contributed by atoms with van der Waals surface area (Å²) in [5.41, 5.74) is -0.505. The van der Waals surface area contributed by atoms with Gasteiger partial charge in [0.15, 0.2) is 5.75 Å². The van der Waals surface area contributed by atoms with E-state index < -0.39 is 22.6 Å². The maximum absolute atomic E-state index is 13.3. The largest absolute Gasteiger partial charge is 0.490 e. The second kappa shape index (κ2) is 9.70. The smallest absolute Gasteiger partial charge is 0.418 e. The van der Waals surface area contributed by atoms with Gasteiger partial charge in [-0.05, 0) is 29.8 Å². The van der Waals surface area contributed by atoms with Gasteiger partial charge in [0.1, 0.15) is 0 Å². The number of carbonyl (C=O) groups excluding carboxylic acids is 1. The number of amides is 1. The van der Waals surface area contributed by atoms with Crippen molar-refractivity contribution in [3.8, 4) is 5.75 Å². The molecule has 1 N–H and O–H groups in total. The minimum atomic E-state index is -4.62. The average molecular weight is 443 g/mol. The van der Waals surface area contributed by atoms with Crippen LogP contribution in [0.25, 0.3) is 0 Å². The summed E-state index contributed by atoms with van der Waals surface area (Å²) in [6.07, 6.45) is -4.62. The fourth-order valence-electron chi connectivity index (χ4n) is 2.57. The third kappa shape index (κ3) is 6.02. The number of ether oxygens (including phenoxy) is 1. The molecule has 0 heterocycles. The van der Waals surface area contributed by atoms with Gasteiger partial charge in [-0.25, -0.2) is 0 Å². The lowest BCUT2D eigenvalue weighted by molar-refractivity contribution is -0.385. The number of hydrogen-bond acceptors (Lipinski definition) is 6. The van der Waals surface area contributed by atoms with Gasteiger partial charge in [0.25, 0.3) is 0 Å². The van der Waals surface area contributed by atoms with Crippen LogP contribution < -0.4 is 15.0 Å². The van der Waals surface area contributed by atoms with Gasteiger partial charge in [-0.3, -0.25) is 14.9 Å². The summed E-state index contributed by atoms with van der Waals surface area (Å²) >= 11 is 1.12. The number of rotatable bonds is 8. The average Bonchev–Trinajstić information content (AvgIpc) is 2.67. The Morgan fingerprint density at radius 1 is 1.23 bits per heavy atom. The number of anilines is 2. The number of thioether (sulfide) groups is 1. The second-order valence-electron chi connectivity index (χ2n) is 6.43. The van der Waals surface area contributed by atoms with Crippen LogP contribution in [0.4, 0.5) is 30.2 Å². The SMILES string of the molecule is COc1ccc(CSCC(=O)Nc2ccc(N(C)C)cc2C(F)(F)F)cc1[N+](=O)[O-]. The highest BCUT2D eigenvalue weighted by atomic mass is 32.2. The highest BCUT2D eigenvalue weighted by molar-refractivity contribution is 7.99. The molecule has 0 bridgehead atoms. The van der Waals surface area contributed by atoms with E-state index in [0.29, 0.717) is 11.3 Å². The Labute approximate surface area is 175 Å². The predicted molar refractivity (Wildman–Crippen MR) is 110 cm³/mol. The van der Waals surface area contributed by atoms with Crippen molar-refractivity contribution < 1.29 is 27.6 Å². The van der Waals surface area contributed by atoms with Crippen molar-refractivity contribution >= 4 is 34.7 Å². The third-order valence-corrected chi connectivity index (χ3v) is 5.04. The molecule has 2 rings (SSSR count). The van der Waals surface area contributed by atoms with Crippen molar-refractivity contribution in [2.75, 3.05) is 37.2 Å². The van der Waals surface area contributed by atoms with E-state index in [2.05, 4.69) is 5.32 Å². The van der Waals surface area contributed by atoms with Crippen molar-refractivity contribution in [2.24, 2.45) is 0 Å².